The highest BCUT2D eigenvalue weighted by Crippen LogP contribution is 2.36. The van der Waals surface area contributed by atoms with Crippen LogP contribution in [-0.4, -0.2) is 53.6 Å². The molecule has 11 heteroatoms. The highest BCUT2D eigenvalue weighted by molar-refractivity contribution is 6.00. The number of aliphatic carboxylic acids is 1. The van der Waals surface area contributed by atoms with Crippen molar-refractivity contribution < 1.29 is 37.9 Å². The van der Waals surface area contributed by atoms with E-state index in [1.807, 2.05) is 0 Å². The molecule has 1 rings (SSSR count). The molecule has 0 saturated carbocycles. The van der Waals surface area contributed by atoms with Crippen LogP contribution in [0.3, 0.4) is 0 Å². The maximum Gasteiger partial charge on any atom is 0.387 e. The van der Waals surface area contributed by atoms with Crippen LogP contribution < -0.4 is 9.47 Å². The van der Waals surface area contributed by atoms with Gasteiger partial charge in [0, 0.05) is 13.1 Å². The summed E-state index contributed by atoms with van der Waals surface area (Å²) in [6, 6.07) is 0.209. The SMILES string of the molecule is COc1cc(C(=O)N(C)C(C)C(=O)O)c([N+](=O)[O-])cc1OC(F)F. The summed E-state index contributed by atoms with van der Waals surface area (Å²) in [5.41, 5.74) is -1.34. The molecule has 1 aromatic rings. The number of carboxylic acid groups (broad SMARTS) is 1. The Morgan fingerprint density at radius 1 is 1.33 bits per heavy atom. The van der Waals surface area contributed by atoms with Crippen LogP contribution in [0.1, 0.15) is 17.3 Å². The fourth-order valence-electron chi connectivity index (χ4n) is 1.75. The lowest BCUT2D eigenvalue weighted by atomic mass is 10.1. The lowest BCUT2D eigenvalue weighted by molar-refractivity contribution is -0.385. The number of halogens is 2. The molecule has 1 aromatic carbocycles. The molecule has 0 radical (unpaired) electrons. The highest BCUT2D eigenvalue weighted by atomic mass is 19.3. The van der Waals surface area contributed by atoms with Gasteiger partial charge in [0.15, 0.2) is 11.5 Å². The average molecular weight is 348 g/mol. The van der Waals surface area contributed by atoms with Gasteiger partial charge in [-0.25, -0.2) is 4.79 Å². The number of benzene rings is 1. The second kappa shape index (κ2) is 7.53. The van der Waals surface area contributed by atoms with Crippen LogP contribution in [-0.2, 0) is 4.79 Å². The van der Waals surface area contributed by atoms with Crippen LogP contribution in [0.4, 0.5) is 14.5 Å². The van der Waals surface area contributed by atoms with Crippen molar-refractivity contribution >= 4 is 17.6 Å². The van der Waals surface area contributed by atoms with Crippen LogP contribution in [0.25, 0.3) is 0 Å². The molecule has 1 N–H and O–H groups in total. The zero-order chi connectivity index (χ0) is 18.6. The first-order valence-electron chi connectivity index (χ1n) is 6.41. The van der Waals surface area contributed by atoms with E-state index < -0.39 is 46.5 Å². The lowest BCUT2D eigenvalue weighted by Crippen LogP contribution is -2.40. The molecule has 9 nitrogen and oxygen atoms in total. The average Bonchev–Trinajstić information content (AvgIpc) is 2.51. The number of hydrogen-bond donors (Lipinski definition) is 1. The van der Waals surface area contributed by atoms with Crippen molar-refractivity contribution in [1.82, 2.24) is 4.90 Å². The number of hydrogen-bond acceptors (Lipinski definition) is 6. The molecule has 0 aromatic heterocycles. The number of carbonyl (C=O) groups is 2. The van der Waals surface area contributed by atoms with Crippen LogP contribution in [0, 0.1) is 10.1 Å². The number of likely N-dealkylation sites (N-methyl/N-ethyl adjacent to an activating group) is 1. The van der Waals surface area contributed by atoms with Gasteiger partial charge in [0.05, 0.1) is 18.1 Å². The Bertz CT molecular complexity index is 666. The van der Waals surface area contributed by atoms with E-state index in [2.05, 4.69) is 4.74 Å². The summed E-state index contributed by atoms with van der Waals surface area (Å²) in [6.07, 6.45) is 0. The largest absolute Gasteiger partial charge is 0.493 e. The summed E-state index contributed by atoms with van der Waals surface area (Å²) in [5, 5.41) is 20.0. The van der Waals surface area contributed by atoms with Gasteiger partial charge in [-0.1, -0.05) is 0 Å². The number of nitro groups is 1. The fraction of sp³-hybridized carbons (Fsp3) is 0.385. The molecule has 1 unspecified atom stereocenters. The minimum Gasteiger partial charge on any atom is -0.493 e. The molecule has 0 aliphatic rings. The monoisotopic (exact) mass is 348 g/mol. The maximum atomic E-state index is 12.4. The predicted octanol–water partition coefficient (Wildman–Crippen LogP) is 1.75. The minimum absolute atomic E-state index is 0.333. The molecule has 132 valence electrons. The van der Waals surface area contributed by atoms with Gasteiger partial charge in [-0.05, 0) is 6.92 Å². The van der Waals surface area contributed by atoms with E-state index in [4.69, 9.17) is 9.84 Å². The quantitative estimate of drug-likeness (QED) is 0.589. The van der Waals surface area contributed by atoms with Crippen LogP contribution in [0.2, 0.25) is 0 Å². The van der Waals surface area contributed by atoms with Crippen LogP contribution >= 0.6 is 0 Å². The zero-order valence-electron chi connectivity index (χ0n) is 12.9. The number of alkyl halides is 2. The Morgan fingerprint density at radius 3 is 2.33 bits per heavy atom. The maximum absolute atomic E-state index is 12.4. The molecule has 1 atom stereocenters. The van der Waals surface area contributed by atoms with E-state index in [0.29, 0.717) is 6.07 Å². The van der Waals surface area contributed by atoms with E-state index in [9.17, 15) is 28.5 Å². The molecule has 0 heterocycles. The number of rotatable bonds is 7. The van der Waals surface area contributed by atoms with Crippen molar-refractivity contribution in [2.75, 3.05) is 14.2 Å². The molecule has 0 bridgehead atoms. The van der Waals surface area contributed by atoms with Crippen molar-refractivity contribution in [2.45, 2.75) is 19.6 Å². The summed E-state index contributed by atoms with van der Waals surface area (Å²) >= 11 is 0. The third kappa shape index (κ3) is 4.06. The van der Waals surface area contributed by atoms with E-state index in [0.717, 1.165) is 25.1 Å². The predicted molar refractivity (Wildman–Crippen MR) is 75.5 cm³/mol. The third-order valence-corrected chi connectivity index (χ3v) is 3.18. The molecule has 1 amide bonds. The van der Waals surface area contributed by atoms with E-state index in [1.165, 1.54) is 6.92 Å². The van der Waals surface area contributed by atoms with Gasteiger partial charge in [0.2, 0.25) is 0 Å². The summed E-state index contributed by atoms with van der Waals surface area (Å²) in [5.74, 6) is -3.26. The second-order valence-corrected chi connectivity index (χ2v) is 4.59. The summed E-state index contributed by atoms with van der Waals surface area (Å²) in [6.45, 7) is -2.05. The molecule has 24 heavy (non-hydrogen) atoms. The van der Waals surface area contributed by atoms with E-state index in [-0.39, 0.29) is 5.75 Å². The number of nitro benzene ring substituents is 1. The molecule has 0 saturated heterocycles. The zero-order valence-corrected chi connectivity index (χ0v) is 12.9. The highest BCUT2D eigenvalue weighted by Gasteiger charge is 2.31. The Balaban J connectivity index is 3.43. The number of amides is 1. The summed E-state index contributed by atoms with van der Waals surface area (Å²) < 4.78 is 33.6. The van der Waals surface area contributed by atoms with Gasteiger partial charge >= 0.3 is 12.6 Å². The van der Waals surface area contributed by atoms with Gasteiger partial charge in [-0.15, -0.1) is 0 Å². The first-order chi connectivity index (χ1) is 11.1. The van der Waals surface area contributed by atoms with E-state index in [1.54, 1.807) is 0 Å². The van der Waals surface area contributed by atoms with Gasteiger partial charge in [0.25, 0.3) is 11.6 Å². The summed E-state index contributed by atoms with van der Waals surface area (Å²) in [7, 11) is 2.23. The van der Waals surface area contributed by atoms with Crippen molar-refractivity contribution in [1.29, 1.82) is 0 Å². The minimum atomic E-state index is -3.25. The number of methoxy groups -OCH3 is 1. The van der Waals surface area contributed by atoms with Crippen molar-refractivity contribution in [2.24, 2.45) is 0 Å². The molecule has 0 spiro atoms. The smallest absolute Gasteiger partial charge is 0.387 e. The lowest BCUT2D eigenvalue weighted by Gasteiger charge is -2.22. The number of carbonyl (C=O) groups excluding carboxylic acids is 1. The van der Waals surface area contributed by atoms with Gasteiger partial charge in [-0.3, -0.25) is 14.9 Å². The normalized spacial score (nSPS) is 11.8. The Hall–Kier alpha value is -2.98. The third-order valence-electron chi connectivity index (χ3n) is 3.18. The molecular weight excluding hydrogens is 334 g/mol. The number of nitrogens with zero attached hydrogens (tertiary/aromatic N) is 2. The van der Waals surface area contributed by atoms with E-state index >= 15 is 0 Å². The van der Waals surface area contributed by atoms with Gasteiger partial charge < -0.3 is 19.5 Å². The molecule has 0 aliphatic carbocycles. The van der Waals surface area contributed by atoms with Crippen LogP contribution in [0.5, 0.6) is 11.5 Å². The Kier molecular flexibility index (Phi) is 5.98. The van der Waals surface area contributed by atoms with Gasteiger partial charge in [-0.2, -0.15) is 8.78 Å². The standard InChI is InChI=1S/C13H14F2N2O7/c1-6(12(19)20)16(2)11(18)7-4-9(23-3)10(24-13(14)15)5-8(7)17(21)22/h4-6,13H,1-3H3,(H,19,20). The van der Waals surface area contributed by atoms with Crippen molar-refractivity contribution in [3.8, 4) is 11.5 Å². The Labute approximate surface area is 134 Å². The molecular formula is C13H14F2N2O7. The van der Waals surface area contributed by atoms with Crippen molar-refractivity contribution in [3.05, 3.63) is 27.8 Å². The summed E-state index contributed by atoms with van der Waals surface area (Å²) in [4.78, 5) is 34.2. The second-order valence-electron chi connectivity index (χ2n) is 4.59. The first-order valence-corrected chi connectivity index (χ1v) is 6.41. The number of ether oxygens (including phenoxy) is 2. The Morgan fingerprint density at radius 2 is 1.92 bits per heavy atom. The topological polar surface area (TPSA) is 119 Å². The van der Waals surface area contributed by atoms with Gasteiger partial charge in [0.1, 0.15) is 11.6 Å². The number of carboxylic acids is 1. The van der Waals surface area contributed by atoms with Crippen molar-refractivity contribution in [3.63, 3.8) is 0 Å². The molecule has 0 fully saturated rings. The van der Waals surface area contributed by atoms with Crippen LogP contribution in [0.15, 0.2) is 12.1 Å². The fourth-order valence-corrected chi connectivity index (χ4v) is 1.75. The molecule has 0 aliphatic heterocycles. The first kappa shape index (κ1) is 19.1.